The Morgan fingerprint density at radius 2 is 1.63 bits per heavy atom. The van der Waals surface area contributed by atoms with Crippen LogP contribution in [0.25, 0.3) is 0 Å². The van der Waals surface area contributed by atoms with Crippen LogP contribution in [0.4, 0.5) is 10.5 Å². The Hall–Kier alpha value is -4.53. The third-order valence-corrected chi connectivity index (χ3v) is 6.53. The van der Waals surface area contributed by atoms with E-state index in [1.165, 1.54) is 0 Å². The summed E-state index contributed by atoms with van der Waals surface area (Å²) in [4.78, 5) is 40.0. The lowest BCUT2D eigenvalue weighted by molar-refractivity contribution is -0.122. The molecule has 35 heavy (non-hydrogen) atoms. The van der Waals surface area contributed by atoms with Crippen LogP contribution in [0.2, 0.25) is 0 Å². The molecule has 9 nitrogen and oxygen atoms in total. The fourth-order valence-corrected chi connectivity index (χ4v) is 4.88. The quantitative estimate of drug-likeness (QED) is 0.606. The summed E-state index contributed by atoms with van der Waals surface area (Å²) in [5, 5.41) is 4.96. The van der Waals surface area contributed by atoms with Gasteiger partial charge in [-0.3, -0.25) is 14.9 Å². The molecule has 0 bridgehead atoms. The molecule has 0 saturated heterocycles. The number of anilines is 1. The standard InChI is InChI=1S/C26H21N3O6/c30-23(16-6-2-1-3-7-16)28-25(32)27-10-11-29-19-9-5-4-8-17(19)26(24(29)31)14-33-20-13-22-21(12-18(20)26)34-15-35-22/h1-9,12-13H,10-11,14-15H2,(H2,27,28,30,32). The molecule has 0 fully saturated rings. The second-order valence-corrected chi connectivity index (χ2v) is 8.45. The van der Waals surface area contributed by atoms with Crippen molar-refractivity contribution in [1.82, 2.24) is 10.6 Å². The third-order valence-electron chi connectivity index (χ3n) is 6.53. The Morgan fingerprint density at radius 1 is 0.886 bits per heavy atom. The zero-order valence-electron chi connectivity index (χ0n) is 18.6. The van der Waals surface area contributed by atoms with E-state index in [-0.39, 0.29) is 32.4 Å². The fraction of sp³-hybridized carbons (Fsp3) is 0.192. The summed E-state index contributed by atoms with van der Waals surface area (Å²) in [6, 6.07) is 19.0. The first-order chi connectivity index (χ1) is 17.1. The van der Waals surface area contributed by atoms with Crippen molar-refractivity contribution >= 4 is 23.5 Å². The number of hydrogen-bond donors (Lipinski definition) is 2. The maximum absolute atomic E-state index is 13.9. The summed E-state index contributed by atoms with van der Waals surface area (Å²) in [6.07, 6.45) is 0. The van der Waals surface area contributed by atoms with Crippen LogP contribution < -0.4 is 29.7 Å². The number of nitrogens with one attached hydrogen (secondary N) is 2. The van der Waals surface area contributed by atoms with E-state index in [0.29, 0.717) is 22.8 Å². The van der Waals surface area contributed by atoms with Crippen LogP contribution in [0.1, 0.15) is 21.5 Å². The molecule has 1 spiro atoms. The number of carbonyl (C=O) groups is 3. The molecule has 3 aliphatic rings. The zero-order valence-corrected chi connectivity index (χ0v) is 18.6. The highest BCUT2D eigenvalue weighted by molar-refractivity contribution is 6.11. The number of rotatable bonds is 4. The van der Waals surface area contributed by atoms with Gasteiger partial charge >= 0.3 is 6.03 Å². The average Bonchev–Trinajstić information content (AvgIpc) is 3.55. The van der Waals surface area contributed by atoms with Gasteiger partial charge in [0, 0.05) is 36.0 Å². The van der Waals surface area contributed by atoms with Crippen LogP contribution in [-0.2, 0) is 10.2 Å². The van der Waals surface area contributed by atoms with Crippen LogP contribution >= 0.6 is 0 Å². The number of ether oxygens (including phenoxy) is 3. The van der Waals surface area contributed by atoms with E-state index in [0.717, 1.165) is 16.8 Å². The molecule has 9 heteroatoms. The molecule has 2 N–H and O–H groups in total. The highest BCUT2D eigenvalue weighted by Crippen LogP contribution is 2.54. The van der Waals surface area contributed by atoms with E-state index in [2.05, 4.69) is 10.6 Å². The largest absolute Gasteiger partial charge is 0.491 e. The van der Waals surface area contributed by atoms with Gasteiger partial charge in [0.25, 0.3) is 5.91 Å². The highest BCUT2D eigenvalue weighted by Gasteiger charge is 2.57. The molecular weight excluding hydrogens is 450 g/mol. The van der Waals surface area contributed by atoms with Gasteiger partial charge < -0.3 is 24.4 Å². The number of urea groups is 1. The van der Waals surface area contributed by atoms with E-state index in [4.69, 9.17) is 14.2 Å². The minimum atomic E-state index is -1.00. The molecule has 3 heterocycles. The number of imide groups is 1. The van der Waals surface area contributed by atoms with Crippen molar-refractivity contribution in [2.24, 2.45) is 0 Å². The molecule has 1 atom stereocenters. The van der Waals surface area contributed by atoms with Crippen molar-refractivity contribution in [1.29, 1.82) is 0 Å². The molecule has 4 amide bonds. The number of amides is 4. The molecule has 3 aliphatic heterocycles. The van der Waals surface area contributed by atoms with Gasteiger partial charge in [-0.1, -0.05) is 36.4 Å². The van der Waals surface area contributed by atoms with Gasteiger partial charge in [0.1, 0.15) is 17.8 Å². The number of nitrogens with zero attached hydrogens (tertiary/aromatic N) is 1. The van der Waals surface area contributed by atoms with E-state index < -0.39 is 17.4 Å². The first-order valence-corrected chi connectivity index (χ1v) is 11.2. The smallest absolute Gasteiger partial charge is 0.321 e. The zero-order chi connectivity index (χ0) is 24.0. The molecular formula is C26H21N3O6. The number of para-hydroxylation sites is 1. The van der Waals surface area contributed by atoms with Gasteiger partial charge in [-0.15, -0.1) is 0 Å². The fourth-order valence-electron chi connectivity index (χ4n) is 4.88. The normalized spacial score (nSPS) is 18.7. The van der Waals surface area contributed by atoms with Crippen molar-refractivity contribution in [3.8, 4) is 17.2 Å². The van der Waals surface area contributed by atoms with Gasteiger partial charge in [0.15, 0.2) is 11.5 Å². The van der Waals surface area contributed by atoms with E-state index in [1.807, 2.05) is 30.3 Å². The average molecular weight is 471 g/mol. The lowest BCUT2D eigenvalue weighted by atomic mass is 9.77. The molecule has 6 rings (SSSR count). The minimum Gasteiger partial charge on any atom is -0.491 e. The number of carbonyl (C=O) groups excluding carboxylic acids is 3. The van der Waals surface area contributed by atoms with Gasteiger partial charge in [-0.05, 0) is 29.8 Å². The van der Waals surface area contributed by atoms with Crippen LogP contribution in [0.15, 0.2) is 66.7 Å². The summed E-state index contributed by atoms with van der Waals surface area (Å²) in [5.41, 5.74) is 1.72. The summed E-state index contributed by atoms with van der Waals surface area (Å²) < 4.78 is 17.0. The second-order valence-electron chi connectivity index (χ2n) is 8.45. The molecule has 176 valence electrons. The number of benzene rings is 3. The van der Waals surface area contributed by atoms with Crippen molar-refractivity contribution in [2.75, 3.05) is 31.4 Å². The summed E-state index contributed by atoms with van der Waals surface area (Å²) >= 11 is 0. The molecule has 0 radical (unpaired) electrons. The van der Waals surface area contributed by atoms with Crippen molar-refractivity contribution in [3.63, 3.8) is 0 Å². The number of fused-ring (bicyclic) bond motifs is 5. The Morgan fingerprint density at radius 3 is 2.46 bits per heavy atom. The Kier molecular flexibility index (Phi) is 4.84. The SMILES string of the molecule is O=C(NCCN1C(=O)C2(COc3cc4c(cc32)OCO4)c2ccccc21)NC(=O)c1ccccc1. The Labute approximate surface area is 200 Å². The summed E-state index contributed by atoms with van der Waals surface area (Å²) in [6.45, 7) is 0.669. The van der Waals surface area contributed by atoms with E-state index >= 15 is 0 Å². The minimum absolute atomic E-state index is 0.127. The summed E-state index contributed by atoms with van der Waals surface area (Å²) in [7, 11) is 0. The van der Waals surface area contributed by atoms with Crippen molar-refractivity contribution in [2.45, 2.75) is 5.41 Å². The van der Waals surface area contributed by atoms with E-state index in [9.17, 15) is 14.4 Å². The Balaban J connectivity index is 1.20. The van der Waals surface area contributed by atoms with Gasteiger partial charge in [0.05, 0.1) is 0 Å². The van der Waals surface area contributed by atoms with Crippen LogP contribution in [0, 0.1) is 0 Å². The molecule has 3 aromatic carbocycles. The van der Waals surface area contributed by atoms with Gasteiger partial charge in [0.2, 0.25) is 12.7 Å². The van der Waals surface area contributed by atoms with Gasteiger partial charge in [-0.25, -0.2) is 4.79 Å². The first-order valence-electron chi connectivity index (χ1n) is 11.2. The second kappa shape index (κ2) is 8.05. The monoisotopic (exact) mass is 471 g/mol. The van der Waals surface area contributed by atoms with Crippen molar-refractivity contribution < 1.29 is 28.6 Å². The Bertz CT molecular complexity index is 1360. The van der Waals surface area contributed by atoms with Crippen LogP contribution in [-0.4, -0.2) is 44.3 Å². The molecule has 0 saturated carbocycles. The van der Waals surface area contributed by atoms with E-state index in [1.54, 1.807) is 41.3 Å². The third kappa shape index (κ3) is 3.27. The first kappa shape index (κ1) is 21.0. The maximum atomic E-state index is 13.9. The van der Waals surface area contributed by atoms with Crippen LogP contribution in [0.5, 0.6) is 17.2 Å². The predicted molar refractivity (Wildman–Crippen MR) is 125 cm³/mol. The molecule has 1 unspecified atom stereocenters. The molecule has 0 aliphatic carbocycles. The molecule has 0 aromatic heterocycles. The number of hydrogen-bond acceptors (Lipinski definition) is 6. The lowest BCUT2D eigenvalue weighted by Gasteiger charge is -2.23. The van der Waals surface area contributed by atoms with Crippen molar-refractivity contribution in [3.05, 3.63) is 83.4 Å². The highest BCUT2D eigenvalue weighted by atomic mass is 16.7. The lowest BCUT2D eigenvalue weighted by Crippen LogP contribution is -2.46. The predicted octanol–water partition coefficient (Wildman–Crippen LogP) is 2.58. The van der Waals surface area contributed by atoms with Crippen LogP contribution in [0.3, 0.4) is 0 Å². The van der Waals surface area contributed by atoms with Gasteiger partial charge in [-0.2, -0.15) is 0 Å². The summed E-state index contributed by atoms with van der Waals surface area (Å²) in [5.74, 6) is 1.13. The topological polar surface area (TPSA) is 106 Å². The molecule has 3 aromatic rings. The maximum Gasteiger partial charge on any atom is 0.321 e.